The molecule has 1 aliphatic rings. The molecule has 0 spiro atoms. The van der Waals surface area contributed by atoms with Crippen LogP contribution in [0.5, 0.6) is 0 Å². The Balaban J connectivity index is 0.000000640. The molecule has 0 aromatic heterocycles. The molecule has 0 N–H and O–H groups in total. The van der Waals surface area contributed by atoms with Gasteiger partial charge in [0.25, 0.3) is 0 Å². The predicted octanol–water partition coefficient (Wildman–Crippen LogP) is 2.03. The van der Waals surface area contributed by atoms with Crippen molar-refractivity contribution in [3.8, 4) is 0 Å². The van der Waals surface area contributed by atoms with E-state index in [-0.39, 0.29) is 21.7 Å². The van der Waals surface area contributed by atoms with E-state index >= 15 is 0 Å². The van der Waals surface area contributed by atoms with Crippen molar-refractivity contribution in [3.05, 3.63) is 48.6 Å². The summed E-state index contributed by atoms with van der Waals surface area (Å²) in [6.07, 6.45) is 16.5. The molecule has 0 amide bonds. The molecule has 0 fully saturated rings. The summed E-state index contributed by atoms with van der Waals surface area (Å²) in [7, 11) is 0. The summed E-state index contributed by atoms with van der Waals surface area (Å²) in [6, 6.07) is 0. The zero-order chi connectivity index (χ0) is 5.66. The molecule has 1 radical (unpaired) electrons. The van der Waals surface area contributed by atoms with Crippen LogP contribution in [0.1, 0.15) is 0 Å². The molecule has 0 unspecified atom stereocenters. The Morgan fingerprint density at radius 1 is 0.778 bits per heavy atom. The van der Waals surface area contributed by atoms with E-state index in [4.69, 9.17) is 0 Å². The first-order valence-electron chi connectivity index (χ1n) is 2.58. The van der Waals surface area contributed by atoms with Gasteiger partial charge in [-0.05, 0) is 6.08 Å². The molecule has 1 rings (SSSR count). The molecule has 0 nitrogen and oxygen atoms in total. The Morgan fingerprint density at radius 2 is 1.44 bits per heavy atom. The average Bonchev–Trinajstić information content (AvgIpc) is 1.62. The first-order valence-corrected chi connectivity index (χ1v) is 2.58. The minimum Gasteiger partial charge on any atom is -0.0623 e. The Kier molecular flexibility index (Phi) is 5.59. The van der Waals surface area contributed by atoms with Gasteiger partial charge in [-0.25, -0.2) is 0 Å². The average molecular weight is 151 g/mol. The van der Waals surface area contributed by atoms with E-state index in [0.717, 1.165) is 0 Å². The molecule has 0 aliphatic heterocycles. The first kappa shape index (κ1) is 8.67. The zero-order valence-electron chi connectivity index (χ0n) is 5.04. The third-order valence-corrected chi connectivity index (χ3v) is 0.829. The third-order valence-electron chi connectivity index (χ3n) is 0.829. The molecule has 0 atom stereocenters. The van der Waals surface area contributed by atoms with E-state index in [9.17, 15) is 0 Å². The van der Waals surface area contributed by atoms with Crippen LogP contribution < -0.4 is 0 Å². The fourth-order valence-electron chi connectivity index (χ4n) is 0.470. The van der Waals surface area contributed by atoms with Crippen LogP contribution in [0, 0.1) is 6.08 Å². The van der Waals surface area contributed by atoms with E-state index in [1.807, 2.05) is 42.5 Å². The maximum Gasteiger partial charge on any atom is 0 e. The fourth-order valence-corrected chi connectivity index (χ4v) is 0.470. The number of rotatable bonds is 0. The summed E-state index contributed by atoms with van der Waals surface area (Å²) in [5.74, 6) is 0. The van der Waals surface area contributed by atoms with Gasteiger partial charge in [-0.2, -0.15) is 0 Å². The Labute approximate surface area is 70.5 Å². The van der Waals surface area contributed by atoms with Crippen molar-refractivity contribution in [2.45, 2.75) is 0 Å². The molecule has 1 heteroatoms. The van der Waals surface area contributed by atoms with Gasteiger partial charge in [0, 0.05) is 21.7 Å². The molecule has 0 bridgehead atoms. The maximum absolute atomic E-state index is 2.94. The van der Waals surface area contributed by atoms with Gasteiger partial charge >= 0.3 is 0 Å². The summed E-state index contributed by atoms with van der Waals surface area (Å²) in [6.45, 7) is 0. The molecule has 0 aromatic carbocycles. The van der Waals surface area contributed by atoms with Crippen molar-refractivity contribution in [3.63, 3.8) is 0 Å². The minimum atomic E-state index is 0. The van der Waals surface area contributed by atoms with Crippen molar-refractivity contribution in [2.75, 3.05) is 0 Å². The number of allylic oxidation sites excluding steroid dienone is 8. The Morgan fingerprint density at radius 3 is 2.33 bits per heavy atom. The summed E-state index contributed by atoms with van der Waals surface area (Å²) in [4.78, 5) is 0. The van der Waals surface area contributed by atoms with Gasteiger partial charge in [0.05, 0.1) is 0 Å². The molecule has 0 saturated carbocycles. The van der Waals surface area contributed by atoms with Crippen LogP contribution in [-0.2, 0) is 21.7 Å². The van der Waals surface area contributed by atoms with Crippen LogP contribution in [0.2, 0.25) is 0 Å². The van der Waals surface area contributed by atoms with Crippen molar-refractivity contribution < 1.29 is 21.7 Å². The first-order chi connectivity index (χ1) is 4.00. The summed E-state index contributed by atoms with van der Waals surface area (Å²) >= 11 is 0. The van der Waals surface area contributed by atoms with Gasteiger partial charge < -0.3 is 0 Å². The second-order valence-electron chi connectivity index (χ2n) is 1.46. The van der Waals surface area contributed by atoms with Gasteiger partial charge in [0.15, 0.2) is 0 Å². The summed E-state index contributed by atoms with van der Waals surface area (Å²) in [5, 5.41) is 0. The standard InChI is InChI=1S/C8H7.Ti/c1-2-4-6-8-7-5-3-1;/h1-7H;. The van der Waals surface area contributed by atoms with Crippen molar-refractivity contribution >= 4 is 0 Å². The monoisotopic (exact) mass is 151 g/mol. The van der Waals surface area contributed by atoms with Gasteiger partial charge in [-0.1, -0.05) is 42.5 Å². The quantitative estimate of drug-likeness (QED) is 0.464. The largest absolute Gasteiger partial charge is 0.0623 e. The minimum absolute atomic E-state index is 0. The smallest absolute Gasteiger partial charge is 0 e. The van der Waals surface area contributed by atoms with Crippen molar-refractivity contribution in [1.29, 1.82) is 0 Å². The number of hydrogen-bond acceptors (Lipinski definition) is 0. The molecule has 0 aromatic rings. The van der Waals surface area contributed by atoms with Crippen LogP contribution in [0.15, 0.2) is 42.5 Å². The van der Waals surface area contributed by atoms with Crippen LogP contribution >= 0.6 is 0 Å². The molecule has 0 heterocycles. The van der Waals surface area contributed by atoms with Crippen LogP contribution in [0.25, 0.3) is 0 Å². The van der Waals surface area contributed by atoms with E-state index in [0.29, 0.717) is 0 Å². The van der Waals surface area contributed by atoms with Crippen LogP contribution in [-0.4, -0.2) is 0 Å². The molecule has 1 aliphatic carbocycles. The van der Waals surface area contributed by atoms with Gasteiger partial charge in [-0.15, -0.1) is 0 Å². The molecule has 43 valence electrons. The topological polar surface area (TPSA) is 0 Å². The predicted molar refractivity (Wildman–Crippen MR) is 35.2 cm³/mol. The second-order valence-corrected chi connectivity index (χ2v) is 1.46. The molecular formula is C8H7Ti. The normalized spacial score (nSPS) is 14.2. The van der Waals surface area contributed by atoms with Crippen LogP contribution in [0.4, 0.5) is 0 Å². The fraction of sp³-hybridized carbons (Fsp3) is 0. The summed E-state index contributed by atoms with van der Waals surface area (Å²) in [5.41, 5.74) is 0. The van der Waals surface area contributed by atoms with Crippen molar-refractivity contribution in [2.24, 2.45) is 0 Å². The SMILES string of the molecule is [C]1=CC=CC=CC=C1.[Ti]. The molecule has 9 heavy (non-hydrogen) atoms. The second kappa shape index (κ2) is 5.80. The maximum atomic E-state index is 2.94. The number of hydrogen-bond donors (Lipinski definition) is 0. The Bertz CT molecular complexity index is 105. The summed E-state index contributed by atoms with van der Waals surface area (Å²) < 4.78 is 0. The zero-order valence-corrected chi connectivity index (χ0v) is 6.60. The molecular weight excluding hydrogens is 144 g/mol. The van der Waals surface area contributed by atoms with Crippen LogP contribution in [0.3, 0.4) is 0 Å². The van der Waals surface area contributed by atoms with E-state index in [2.05, 4.69) is 6.08 Å². The Hall–Kier alpha value is -0.326. The van der Waals surface area contributed by atoms with E-state index in [1.165, 1.54) is 0 Å². The third kappa shape index (κ3) is 4.20. The van der Waals surface area contributed by atoms with Crippen molar-refractivity contribution in [1.82, 2.24) is 0 Å². The van der Waals surface area contributed by atoms with Gasteiger partial charge in [0.1, 0.15) is 0 Å². The van der Waals surface area contributed by atoms with Gasteiger partial charge in [0.2, 0.25) is 0 Å². The van der Waals surface area contributed by atoms with E-state index in [1.54, 1.807) is 0 Å². The van der Waals surface area contributed by atoms with Gasteiger partial charge in [-0.3, -0.25) is 0 Å². The van der Waals surface area contributed by atoms with E-state index < -0.39 is 0 Å². The molecule has 0 saturated heterocycles.